The number of nitrogens with zero attached hydrogens (tertiary/aromatic N) is 2. The molecule has 0 aromatic carbocycles. The molecule has 1 unspecified atom stereocenters. The van der Waals surface area contributed by atoms with Gasteiger partial charge in [-0.15, -0.1) is 0 Å². The van der Waals surface area contributed by atoms with Crippen molar-refractivity contribution in [3.8, 4) is 0 Å². The number of amides is 2. The molecular formula is C18H32N2O4. The first-order chi connectivity index (χ1) is 11.3. The van der Waals surface area contributed by atoms with E-state index in [2.05, 4.69) is 0 Å². The maximum absolute atomic E-state index is 13.0. The van der Waals surface area contributed by atoms with Crippen LogP contribution in [-0.4, -0.2) is 66.3 Å². The molecule has 6 nitrogen and oxygen atoms in total. The Kier molecular flexibility index (Phi) is 6.49. The third kappa shape index (κ3) is 5.10. The van der Waals surface area contributed by atoms with Crippen molar-refractivity contribution in [2.24, 2.45) is 5.92 Å². The average Bonchev–Trinajstić information content (AvgIpc) is 3.03. The summed E-state index contributed by atoms with van der Waals surface area (Å²) in [5.74, 6) is 0.461. The van der Waals surface area contributed by atoms with Gasteiger partial charge in [-0.3, -0.25) is 9.69 Å². The summed E-state index contributed by atoms with van der Waals surface area (Å²) in [7, 11) is 0. The number of likely N-dealkylation sites (N-methyl/N-ethyl adjacent to an activating group) is 1. The van der Waals surface area contributed by atoms with Crippen molar-refractivity contribution in [1.29, 1.82) is 0 Å². The van der Waals surface area contributed by atoms with Gasteiger partial charge in [-0.25, -0.2) is 4.79 Å². The molecule has 138 valence electrons. The van der Waals surface area contributed by atoms with Crippen molar-refractivity contribution in [3.63, 3.8) is 0 Å². The summed E-state index contributed by atoms with van der Waals surface area (Å²) in [5, 5.41) is 0. The van der Waals surface area contributed by atoms with Crippen molar-refractivity contribution in [3.05, 3.63) is 0 Å². The largest absolute Gasteiger partial charge is 0.444 e. The topological polar surface area (TPSA) is 59.1 Å². The van der Waals surface area contributed by atoms with E-state index in [0.717, 1.165) is 38.9 Å². The van der Waals surface area contributed by atoms with Gasteiger partial charge in [-0.1, -0.05) is 0 Å². The minimum Gasteiger partial charge on any atom is -0.444 e. The zero-order chi connectivity index (χ0) is 17.7. The van der Waals surface area contributed by atoms with Crippen LogP contribution in [0.25, 0.3) is 0 Å². The van der Waals surface area contributed by atoms with Gasteiger partial charge in [0.05, 0.1) is 6.61 Å². The number of carbonyl (C=O) groups is 2. The van der Waals surface area contributed by atoms with Gasteiger partial charge in [0.15, 0.2) is 0 Å². The highest BCUT2D eigenvalue weighted by Gasteiger charge is 2.37. The molecular weight excluding hydrogens is 308 g/mol. The van der Waals surface area contributed by atoms with E-state index in [0.29, 0.717) is 25.6 Å². The van der Waals surface area contributed by atoms with Crippen molar-refractivity contribution in [2.75, 3.05) is 32.8 Å². The minimum absolute atomic E-state index is 0.0509. The SMILES string of the molecule is CCN(CC1CCOC1)C(=O)[C@@H]1CCCCN1C(=O)OC(C)(C)C. The number of ether oxygens (including phenoxy) is 2. The molecule has 2 rings (SSSR count). The molecule has 2 aliphatic rings. The molecule has 6 heteroatoms. The van der Waals surface area contributed by atoms with Crippen LogP contribution in [0.5, 0.6) is 0 Å². The summed E-state index contributed by atoms with van der Waals surface area (Å²) in [6.07, 6.45) is 3.24. The second-order valence-electron chi connectivity index (χ2n) is 7.79. The molecule has 0 N–H and O–H groups in total. The van der Waals surface area contributed by atoms with E-state index in [9.17, 15) is 9.59 Å². The molecule has 2 heterocycles. The van der Waals surface area contributed by atoms with Gasteiger partial charge in [0.2, 0.25) is 5.91 Å². The Labute approximate surface area is 145 Å². The smallest absolute Gasteiger partial charge is 0.410 e. The van der Waals surface area contributed by atoms with Crippen LogP contribution in [0.4, 0.5) is 4.79 Å². The molecule has 0 aliphatic carbocycles. The van der Waals surface area contributed by atoms with E-state index in [1.807, 2.05) is 32.6 Å². The van der Waals surface area contributed by atoms with Crippen molar-refractivity contribution in [2.45, 2.75) is 65.0 Å². The summed E-state index contributed by atoms with van der Waals surface area (Å²) in [6, 6.07) is -0.393. The highest BCUT2D eigenvalue weighted by Crippen LogP contribution is 2.23. The monoisotopic (exact) mass is 340 g/mol. The summed E-state index contributed by atoms with van der Waals surface area (Å²) >= 11 is 0. The second kappa shape index (κ2) is 8.19. The molecule has 0 radical (unpaired) electrons. The maximum atomic E-state index is 13.0. The third-order valence-corrected chi connectivity index (χ3v) is 4.61. The highest BCUT2D eigenvalue weighted by atomic mass is 16.6. The maximum Gasteiger partial charge on any atom is 0.410 e. The first-order valence-corrected chi connectivity index (χ1v) is 9.18. The van der Waals surface area contributed by atoms with E-state index < -0.39 is 11.6 Å². The Morgan fingerprint density at radius 3 is 2.58 bits per heavy atom. The van der Waals surface area contributed by atoms with E-state index in [4.69, 9.17) is 9.47 Å². The second-order valence-corrected chi connectivity index (χ2v) is 7.79. The number of piperidine rings is 1. The number of likely N-dealkylation sites (tertiary alicyclic amines) is 1. The molecule has 2 saturated heterocycles. The van der Waals surface area contributed by atoms with Crippen LogP contribution in [0.15, 0.2) is 0 Å². The Morgan fingerprint density at radius 1 is 1.25 bits per heavy atom. The summed E-state index contributed by atoms with van der Waals surface area (Å²) in [6.45, 7) is 11.0. The molecule has 2 aliphatic heterocycles. The zero-order valence-corrected chi connectivity index (χ0v) is 15.5. The van der Waals surface area contributed by atoms with Crippen molar-refractivity contribution >= 4 is 12.0 Å². The predicted octanol–water partition coefficient (Wildman–Crippen LogP) is 2.66. The number of rotatable bonds is 4. The van der Waals surface area contributed by atoms with Crippen molar-refractivity contribution < 1.29 is 19.1 Å². The van der Waals surface area contributed by atoms with E-state index in [1.165, 1.54) is 0 Å². The Hall–Kier alpha value is -1.30. The normalized spacial score (nSPS) is 24.8. The lowest BCUT2D eigenvalue weighted by Gasteiger charge is -2.38. The number of hydrogen-bond acceptors (Lipinski definition) is 4. The molecule has 0 spiro atoms. The molecule has 2 atom stereocenters. The number of hydrogen-bond donors (Lipinski definition) is 0. The molecule has 24 heavy (non-hydrogen) atoms. The summed E-state index contributed by atoms with van der Waals surface area (Å²) < 4.78 is 10.9. The van der Waals surface area contributed by atoms with E-state index in [1.54, 1.807) is 4.90 Å². The van der Waals surface area contributed by atoms with Gasteiger partial charge in [0.25, 0.3) is 0 Å². The minimum atomic E-state index is -0.548. The average molecular weight is 340 g/mol. The lowest BCUT2D eigenvalue weighted by molar-refractivity contribution is -0.138. The standard InChI is InChI=1S/C18H32N2O4/c1-5-19(12-14-9-11-23-13-14)16(21)15-8-6-7-10-20(15)17(22)24-18(2,3)4/h14-15H,5-13H2,1-4H3/t14?,15-/m0/s1. The third-order valence-electron chi connectivity index (χ3n) is 4.61. The van der Waals surface area contributed by atoms with Crippen LogP contribution >= 0.6 is 0 Å². The fourth-order valence-corrected chi connectivity index (χ4v) is 3.35. The summed E-state index contributed by atoms with van der Waals surface area (Å²) in [5.41, 5.74) is -0.548. The van der Waals surface area contributed by atoms with Gasteiger partial charge >= 0.3 is 6.09 Å². The molecule has 0 saturated carbocycles. The fourth-order valence-electron chi connectivity index (χ4n) is 3.35. The molecule has 2 fully saturated rings. The van der Waals surface area contributed by atoms with Crippen LogP contribution in [0.1, 0.15) is 53.4 Å². The van der Waals surface area contributed by atoms with Crippen LogP contribution in [0, 0.1) is 5.92 Å². The lowest BCUT2D eigenvalue weighted by Crippen LogP contribution is -2.54. The first kappa shape index (κ1) is 19.0. The summed E-state index contributed by atoms with van der Waals surface area (Å²) in [4.78, 5) is 29.0. The predicted molar refractivity (Wildman–Crippen MR) is 91.8 cm³/mol. The van der Waals surface area contributed by atoms with Crippen LogP contribution in [0.3, 0.4) is 0 Å². The van der Waals surface area contributed by atoms with E-state index in [-0.39, 0.29) is 12.0 Å². The Balaban J connectivity index is 2.03. The van der Waals surface area contributed by atoms with Gasteiger partial charge in [0.1, 0.15) is 11.6 Å². The molecule has 0 aromatic rings. The first-order valence-electron chi connectivity index (χ1n) is 9.18. The quantitative estimate of drug-likeness (QED) is 0.789. The molecule has 0 aromatic heterocycles. The van der Waals surface area contributed by atoms with Gasteiger partial charge in [-0.05, 0) is 53.4 Å². The number of carbonyl (C=O) groups excluding carboxylic acids is 2. The Bertz CT molecular complexity index is 441. The fraction of sp³-hybridized carbons (Fsp3) is 0.889. The molecule has 2 amide bonds. The van der Waals surface area contributed by atoms with Gasteiger partial charge < -0.3 is 14.4 Å². The van der Waals surface area contributed by atoms with E-state index >= 15 is 0 Å². The lowest BCUT2D eigenvalue weighted by atomic mass is 10.0. The van der Waals surface area contributed by atoms with Gasteiger partial charge in [0, 0.05) is 32.2 Å². The zero-order valence-electron chi connectivity index (χ0n) is 15.5. The molecule has 0 bridgehead atoms. The Morgan fingerprint density at radius 2 is 2.00 bits per heavy atom. The van der Waals surface area contributed by atoms with Crippen LogP contribution in [-0.2, 0) is 14.3 Å². The highest BCUT2D eigenvalue weighted by molar-refractivity contribution is 5.86. The van der Waals surface area contributed by atoms with Crippen molar-refractivity contribution in [1.82, 2.24) is 9.80 Å². The van der Waals surface area contributed by atoms with Gasteiger partial charge in [-0.2, -0.15) is 0 Å². The van der Waals surface area contributed by atoms with Crippen LogP contribution < -0.4 is 0 Å². The van der Waals surface area contributed by atoms with Crippen LogP contribution in [0.2, 0.25) is 0 Å².